The Morgan fingerprint density at radius 3 is 1.26 bits per heavy atom. The molecule has 2 saturated carbocycles. The average Bonchev–Trinajstić information content (AvgIpc) is 3.54. The van der Waals surface area contributed by atoms with E-state index < -0.39 is 21.6 Å². The smallest absolute Gasteiger partial charge is 0.0834 e. The maximum Gasteiger partial charge on any atom is 0.0834 e. The molecule has 3 aromatic rings. The highest BCUT2D eigenvalue weighted by atomic mass is 32.2. The number of benzene rings is 3. The Balaban J connectivity index is 1.44. The van der Waals surface area contributed by atoms with Gasteiger partial charge in [-0.05, 0) is 87.8 Å². The van der Waals surface area contributed by atoms with Crippen molar-refractivity contribution in [3.8, 4) is 0 Å². The van der Waals surface area contributed by atoms with Gasteiger partial charge in [0.2, 0.25) is 0 Å². The van der Waals surface area contributed by atoms with Crippen molar-refractivity contribution in [3.63, 3.8) is 0 Å². The molecule has 34 heavy (non-hydrogen) atoms. The third-order valence-corrected chi connectivity index (χ3v) is 8.84. The second-order valence-electron chi connectivity index (χ2n) is 8.32. The SMILES string of the molecule is Cc1ccc([S@@](=O)[C]2[CH][CH][CH][C]2c2ccccc2[C]2[CH][CH][CH][C]2[S@](=O)c2ccc(C)cc2)cc1. The Labute approximate surface area is 209 Å². The highest BCUT2D eigenvalue weighted by Crippen LogP contribution is 2.49. The van der Waals surface area contributed by atoms with E-state index >= 15 is 0 Å². The number of hydrogen-bond donors (Lipinski definition) is 0. The van der Waals surface area contributed by atoms with Gasteiger partial charge >= 0.3 is 0 Å². The first-order chi connectivity index (χ1) is 16.5. The minimum absolute atomic E-state index is 0.782. The summed E-state index contributed by atoms with van der Waals surface area (Å²) in [7, 11) is -2.59. The van der Waals surface area contributed by atoms with Crippen LogP contribution in [-0.4, -0.2) is 8.42 Å². The minimum atomic E-state index is -1.30. The number of hydrogen-bond acceptors (Lipinski definition) is 2. The summed E-state index contributed by atoms with van der Waals surface area (Å²) in [5.74, 6) is 1.87. The average molecular weight is 481 g/mol. The summed E-state index contributed by atoms with van der Waals surface area (Å²) in [4.78, 5) is 1.56. The van der Waals surface area contributed by atoms with Crippen molar-refractivity contribution in [2.75, 3.05) is 0 Å². The van der Waals surface area contributed by atoms with E-state index in [0.717, 1.165) is 54.4 Å². The Kier molecular flexibility index (Phi) is 7.17. The van der Waals surface area contributed by atoms with E-state index in [0.29, 0.717) is 0 Å². The van der Waals surface area contributed by atoms with E-state index in [9.17, 15) is 8.42 Å². The zero-order valence-corrected chi connectivity index (χ0v) is 20.7. The molecule has 2 atom stereocenters. The van der Waals surface area contributed by atoms with Gasteiger partial charge in [0.05, 0.1) is 32.1 Å². The minimum Gasteiger partial charge on any atom is -0.254 e. The third-order valence-electron chi connectivity index (χ3n) is 5.93. The molecule has 0 saturated heterocycles. The zero-order valence-electron chi connectivity index (χ0n) is 19.0. The van der Waals surface area contributed by atoms with E-state index in [1.54, 1.807) is 0 Å². The van der Waals surface area contributed by atoms with Crippen LogP contribution in [0.25, 0.3) is 0 Å². The zero-order chi connectivity index (χ0) is 23.7. The summed E-state index contributed by atoms with van der Waals surface area (Å²) in [6, 6.07) is 23.7. The van der Waals surface area contributed by atoms with Crippen molar-refractivity contribution in [3.05, 3.63) is 156 Å². The van der Waals surface area contributed by atoms with Crippen LogP contribution in [0.5, 0.6) is 0 Å². The molecule has 0 unspecified atom stereocenters. The van der Waals surface area contributed by atoms with Gasteiger partial charge in [0.15, 0.2) is 0 Å². The Hall–Kier alpha value is -2.04. The standard InChI is InChI=1S/C30H24O2S2/c1-21-13-17-23(18-14-21)33(31)29-11-5-9-27(29)25-7-3-4-8-26(25)28-10-6-12-30(28)34(32)24-19-15-22(2)16-20-24/h3-20H,1-2H3/t33-,34-/m1/s1. The number of rotatable bonds is 6. The monoisotopic (exact) mass is 480 g/mol. The molecular formula is C30H24O2S2. The third kappa shape index (κ3) is 4.72. The first kappa shape index (κ1) is 23.7. The lowest BCUT2D eigenvalue weighted by molar-refractivity contribution is 0.683. The molecule has 0 N–H and O–H groups in total. The van der Waals surface area contributed by atoms with Crippen molar-refractivity contribution in [1.82, 2.24) is 0 Å². The predicted molar refractivity (Wildman–Crippen MR) is 139 cm³/mol. The normalized spacial score (nSPS) is 20.1. The molecule has 0 aromatic heterocycles. The fourth-order valence-electron chi connectivity index (χ4n) is 4.11. The van der Waals surface area contributed by atoms with Gasteiger partial charge in [-0.3, -0.25) is 8.42 Å². The van der Waals surface area contributed by atoms with Gasteiger partial charge in [0.25, 0.3) is 0 Å². The molecule has 0 spiro atoms. The van der Waals surface area contributed by atoms with E-state index in [-0.39, 0.29) is 0 Å². The van der Waals surface area contributed by atoms with Crippen molar-refractivity contribution in [1.29, 1.82) is 0 Å². The summed E-state index contributed by atoms with van der Waals surface area (Å²) >= 11 is 0. The van der Waals surface area contributed by atoms with E-state index in [2.05, 4.69) is 0 Å². The maximum absolute atomic E-state index is 13.5. The van der Waals surface area contributed by atoms with Crippen molar-refractivity contribution in [2.24, 2.45) is 0 Å². The second kappa shape index (κ2) is 10.3. The molecule has 5 rings (SSSR count). The molecule has 0 heterocycles. The van der Waals surface area contributed by atoms with Crippen LogP contribution < -0.4 is 0 Å². The lowest BCUT2D eigenvalue weighted by atomic mass is 9.85. The van der Waals surface area contributed by atoms with Gasteiger partial charge in [0.1, 0.15) is 0 Å². The first-order valence-corrected chi connectivity index (χ1v) is 13.4. The van der Waals surface area contributed by atoms with Crippen LogP contribution in [0.15, 0.2) is 82.6 Å². The lowest BCUT2D eigenvalue weighted by Crippen LogP contribution is -2.18. The van der Waals surface area contributed by atoms with E-state index in [1.165, 1.54) is 0 Å². The molecule has 0 aliphatic heterocycles. The van der Waals surface area contributed by atoms with Gasteiger partial charge in [-0.25, -0.2) is 0 Å². The largest absolute Gasteiger partial charge is 0.254 e. The predicted octanol–water partition coefficient (Wildman–Crippen LogP) is 6.08. The second-order valence-corrected chi connectivity index (χ2v) is 11.2. The summed E-state index contributed by atoms with van der Waals surface area (Å²) in [6.07, 6.45) is 11.8. The molecule has 2 nitrogen and oxygen atoms in total. The quantitative estimate of drug-likeness (QED) is 0.428. The van der Waals surface area contributed by atoms with Gasteiger partial charge in [-0.2, -0.15) is 0 Å². The summed E-state index contributed by atoms with van der Waals surface area (Å²) in [5, 5.41) is 1.56. The highest BCUT2D eigenvalue weighted by Gasteiger charge is 2.41. The van der Waals surface area contributed by atoms with E-state index in [4.69, 9.17) is 0 Å². The summed E-state index contributed by atoms with van der Waals surface area (Å²) in [6.45, 7) is 4.05. The topological polar surface area (TPSA) is 34.1 Å². The van der Waals surface area contributed by atoms with Crippen LogP contribution in [-0.2, 0) is 21.6 Å². The highest BCUT2D eigenvalue weighted by molar-refractivity contribution is 7.88. The van der Waals surface area contributed by atoms with Crippen LogP contribution in [0.3, 0.4) is 0 Å². The molecule has 3 aromatic carbocycles. The van der Waals surface area contributed by atoms with Crippen molar-refractivity contribution >= 4 is 21.6 Å². The first-order valence-electron chi connectivity index (χ1n) is 11.1. The van der Waals surface area contributed by atoms with Crippen LogP contribution in [0.1, 0.15) is 22.3 Å². The molecule has 2 aliphatic carbocycles. The molecule has 2 fully saturated rings. The molecule has 2 aliphatic rings. The van der Waals surface area contributed by atoms with E-state index in [1.807, 2.05) is 125 Å². The Bertz CT molecular complexity index is 1090. The van der Waals surface area contributed by atoms with Gasteiger partial charge in [0, 0.05) is 21.6 Å². The Morgan fingerprint density at radius 2 is 0.882 bits per heavy atom. The molecule has 0 amide bonds. The fourth-order valence-corrected chi connectivity index (χ4v) is 6.54. The van der Waals surface area contributed by atoms with Gasteiger partial charge in [-0.1, -0.05) is 59.7 Å². The van der Waals surface area contributed by atoms with Crippen molar-refractivity contribution in [2.45, 2.75) is 23.6 Å². The molecule has 168 valence electrons. The molecule has 10 radical (unpaired) electrons. The molecular weight excluding hydrogens is 456 g/mol. The summed E-state index contributed by atoms with van der Waals surface area (Å²) < 4.78 is 26.9. The van der Waals surface area contributed by atoms with Gasteiger partial charge < -0.3 is 0 Å². The van der Waals surface area contributed by atoms with Crippen LogP contribution in [0.2, 0.25) is 0 Å². The fraction of sp³-hybridized carbons (Fsp3) is 0.0667. The summed E-state index contributed by atoms with van der Waals surface area (Å²) in [5.41, 5.74) is 4.24. The van der Waals surface area contributed by atoms with Crippen molar-refractivity contribution < 1.29 is 8.42 Å². The molecule has 4 heteroatoms. The van der Waals surface area contributed by atoms with Crippen LogP contribution in [0, 0.1) is 74.7 Å². The Morgan fingerprint density at radius 1 is 0.500 bits per heavy atom. The van der Waals surface area contributed by atoms with Crippen LogP contribution in [0.4, 0.5) is 0 Å². The van der Waals surface area contributed by atoms with Gasteiger partial charge in [-0.15, -0.1) is 0 Å². The molecule has 0 bridgehead atoms. The lowest BCUT2D eigenvalue weighted by Gasteiger charge is -2.25. The number of aryl methyl sites for hydroxylation is 2. The maximum atomic E-state index is 13.5. The van der Waals surface area contributed by atoms with Crippen LogP contribution >= 0.6 is 0 Å².